The lowest BCUT2D eigenvalue weighted by Crippen LogP contribution is -2.29. The Labute approximate surface area is 393 Å². The second-order valence-electron chi connectivity index (χ2n) is 19.4. The molecule has 0 aliphatic rings. The molecule has 0 aromatic heterocycles. The van der Waals surface area contributed by atoms with Gasteiger partial charge in [0, 0.05) is 13.0 Å². The SMILES string of the molecule is CCCCCCCCCCCCCC(=O)OCCCCCCCCN(CCO)CCCCCCCCOC(=O)OC(CCCCCCCCCCC)CCCCCCCCCCC. The zero-order valence-corrected chi connectivity index (χ0v) is 42.9. The van der Waals surface area contributed by atoms with Gasteiger partial charge in [-0.3, -0.25) is 4.79 Å². The number of hydrogen-bond donors (Lipinski definition) is 1. The third kappa shape index (κ3) is 49.9. The van der Waals surface area contributed by atoms with Crippen molar-refractivity contribution in [1.29, 1.82) is 0 Å². The smallest absolute Gasteiger partial charge is 0.466 e. The standard InChI is InChI=1S/C56H111NO6/c1-4-7-10-13-16-19-20-23-26-33-40-47-55(59)61-52-43-36-29-27-34-41-48-57(50-51-58)49-42-35-28-30-37-44-53-62-56(60)63-54(45-38-31-24-21-17-14-11-8-5-2)46-39-32-25-22-18-15-12-9-6-3/h54,58H,4-53H2,1-3H3. The molecule has 0 aliphatic carbocycles. The van der Waals surface area contributed by atoms with E-state index in [1.807, 2.05) is 0 Å². The van der Waals surface area contributed by atoms with Crippen LogP contribution in [-0.2, 0) is 19.0 Å². The Morgan fingerprint density at radius 2 is 0.698 bits per heavy atom. The fourth-order valence-corrected chi connectivity index (χ4v) is 8.91. The van der Waals surface area contributed by atoms with Crippen LogP contribution < -0.4 is 0 Å². The molecule has 0 bridgehead atoms. The molecule has 376 valence electrons. The topological polar surface area (TPSA) is 85.3 Å². The van der Waals surface area contributed by atoms with Gasteiger partial charge in [-0.25, -0.2) is 4.79 Å². The Bertz CT molecular complexity index is 879. The van der Waals surface area contributed by atoms with Gasteiger partial charge in [0.25, 0.3) is 0 Å². The first-order valence-corrected chi connectivity index (χ1v) is 28.4. The van der Waals surface area contributed by atoms with Crippen LogP contribution in [0.25, 0.3) is 0 Å². The van der Waals surface area contributed by atoms with Crippen molar-refractivity contribution in [2.45, 2.75) is 309 Å². The Morgan fingerprint density at radius 3 is 1.08 bits per heavy atom. The van der Waals surface area contributed by atoms with Crippen LogP contribution in [0.2, 0.25) is 0 Å². The van der Waals surface area contributed by atoms with Gasteiger partial charge >= 0.3 is 12.1 Å². The van der Waals surface area contributed by atoms with Crippen LogP contribution in [-0.4, -0.2) is 67.7 Å². The van der Waals surface area contributed by atoms with Gasteiger partial charge in [0.2, 0.25) is 0 Å². The van der Waals surface area contributed by atoms with Crippen molar-refractivity contribution in [3.8, 4) is 0 Å². The van der Waals surface area contributed by atoms with Crippen LogP contribution in [0.1, 0.15) is 303 Å². The highest BCUT2D eigenvalue weighted by atomic mass is 16.7. The van der Waals surface area contributed by atoms with Crippen LogP contribution in [0.5, 0.6) is 0 Å². The van der Waals surface area contributed by atoms with E-state index in [4.69, 9.17) is 14.2 Å². The summed E-state index contributed by atoms with van der Waals surface area (Å²) in [5.41, 5.74) is 0. The summed E-state index contributed by atoms with van der Waals surface area (Å²) in [6.45, 7) is 10.9. The predicted molar refractivity (Wildman–Crippen MR) is 271 cm³/mol. The van der Waals surface area contributed by atoms with E-state index in [0.717, 1.165) is 90.3 Å². The summed E-state index contributed by atoms with van der Waals surface area (Å²) in [5.74, 6) is -0.0135. The number of hydrogen-bond acceptors (Lipinski definition) is 7. The molecule has 0 rings (SSSR count). The number of esters is 1. The van der Waals surface area contributed by atoms with E-state index < -0.39 is 6.16 Å². The molecule has 0 fully saturated rings. The highest BCUT2D eigenvalue weighted by Gasteiger charge is 2.15. The van der Waals surface area contributed by atoms with Gasteiger partial charge in [0.1, 0.15) is 6.10 Å². The highest BCUT2D eigenvalue weighted by molar-refractivity contribution is 5.69. The molecule has 0 radical (unpaired) electrons. The third-order valence-corrected chi connectivity index (χ3v) is 13.1. The van der Waals surface area contributed by atoms with Crippen LogP contribution in [0.3, 0.4) is 0 Å². The van der Waals surface area contributed by atoms with Crippen molar-refractivity contribution in [2.24, 2.45) is 0 Å². The zero-order chi connectivity index (χ0) is 45.8. The maximum Gasteiger partial charge on any atom is 0.508 e. The van der Waals surface area contributed by atoms with E-state index >= 15 is 0 Å². The Morgan fingerprint density at radius 1 is 0.381 bits per heavy atom. The Hall–Kier alpha value is -1.34. The van der Waals surface area contributed by atoms with Crippen molar-refractivity contribution in [2.75, 3.05) is 39.5 Å². The minimum Gasteiger partial charge on any atom is -0.466 e. The summed E-state index contributed by atoms with van der Waals surface area (Å²) in [6, 6.07) is 0. The van der Waals surface area contributed by atoms with E-state index in [2.05, 4.69) is 25.7 Å². The molecule has 0 aromatic carbocycles. The van der Waals surface area contributed by atoms with Crippen LogP contribution >= 0.6 is 0 Å². The van der Waals surface area contributed by atoms with Crippen molar-refractivity contribution in [1.82, 2.24) is 4.90 Å². The van der Waals surface area contributed by atoms with Crippen LogP contribution in [0.15, 0.2) is 0 Å². The normalized spacial score (nSPS) is 11.6. The molecule has 7 heteroatoms. The van der Waals surface area contributed by atoms with E-state index in [-0.39, 0.29) is 18.7 Å². The number of nitrogens with zero attached hydrogens (tertiary/aromatic N) is 1. The molecule has 0 spiro atoms. The van der Waals surface area contributed by atoms with Gasteiger partial charge in [-0.1, -0.05) is 239 Å². The third-order valence-electron chi connectivity index (χ3n) is 13.1. The van der Waals surface area contributed by atoms with Crippen LogP contribution in [0, 0.1) is 0 Å². The van der Waals surface area contributed by atoms with Gasteiger partial charge < -0.3 is 24.2 Å². The average molecular weight is 895 g/mol. The summed E-state index contributed by atoms with van der Waals surface area (Å²) in [4.78, 5) is 27.1. The first-order chi connectivity index (χ1) is 31.1. The predicted octanol–water partition coefficient (Wildman–Crippen LogP) is 17.6. The largest absolute Gasteiger partial charge is 0.508 e. The van der Waals surface area contributed by atoms with E-state index in [0.29, 0.717) is 19.6 Å². The van der Waals surface area contributed by atoms with Crippen LogP contribution in [0.4, 0.5) is 4.79 Å². The molecule has 0 atom stereocenters. The zero-order valence-electron chi connectivity index (χ0n) is 42.9. The van der Waals surface area contributed by atoms with Gasteiger partial charge in [-0.15, -0.1) is 0 Å². The minimum atomic E-state index is -0.460. The van der Waals surface area contributed by atoms with E-state index in [9.17, 15) is 14.7 Å². The maximum absolute atomic E-state index is 12.6. The monoisotopic (exact) mass is 894 g/mol. The van der Waals surface area contributed by atoms with Crippen molar-refractivity contribution >= 4 is 12.1 Å². The molecular formula is C56H111NO6. The first kappa shape index (κ1) is 61.7. The molecule has 0 saturated heterocycles. The fraction of sp³-hybridized carbons (Fsp3) is 0.964. The molecule has 0 aromatic rings. The lowest BCUT2D eigenvalue weighted by molar-refractivity contribution is -0.143. The molecule has 0 amide bonds. The highest BCUT2D eigenvalue weighted by Crippen LogP contribution is 2.19. The molecule has 0 aliphatic heterocycles. The summed E-state index contributed by atoms with van der Waals surface area (Å²) < 4.78 is 16.9. The Balaban J connectivity index is 3.93. The Kier molecular flexibility index (Phi) is 52.1. The lowest BCUT2D eigenvalue weighted by atomic mass is 10.0. The number of unbranched alkanes of at least 4 members (excludes halogenated alkanes) is 36. The second-order valence-corrected chi connectivity index (χ2v) is 19.4. The van der Waals surface area contributed by atoms with E-state index in [1.54, 1.807) is 0 Å². The number of aliphatic hydroxyl groups excluding tert-OH is 1. The minimum absolute atomic E-state index is 0.00000519. The molecular weight excluding hydrogens is 783 g/mol. The van der Waals surface area contributed by atoms with Gasteiger partial charge in [0.05, 0.1) is 19.8 Å². The lowest BCUT2D eigenvalue weighted by Gasteiger charge is -2.21. The summed E-state index contributed by atoms with van der Waals surface area (Å²) >= 11 is 0. The second kappa shape index (κ2) is 53.3. The number of aliphatic hydroxyl groups is 1. The van der Waals surface area contributed by atoms with E-state index in [1.165, 1.54) is 205 Å². The number of carbonyl (C=O) groups is 2. The number of ether oxygens (including phenoxy) is 3. The van der Waals surface area contributed by atoms with Crippen molar-refractivity contribution < 1.29 is 28.9 Å². The summed E-state index contributed by atoms with van der Waals surface area (Å²) in [5, 5.41) is 9.60. The molecule has 1 N–H and O–H groups in total. The number of rotatable bonds is 53. The van der Waals surface area contributed by atoms with Crippen molar-refractivity contribution in [3.63, 3.8) is 0 Å². The van der Waals surface area contributed by atoms with Gasteiger partial charge in [0.15, 0.2) is 0 Å². The average Bonchev–Trinajstić information content (AvgIpc) is 3.28. The van der Waals surface area contributed by atoms with Gasteiger partial charge in [-0.2, -0.15) is 0 Å². The molecule has 0 saturated carbocycles. The summed E-state index contributed by atoms with van der Waals surface area (Å²) in [6.07, 6.45) is 53.6. The first-order valence-electron chi connectivity index (χ1n) is 28.4. The molecule has 0 unspecified atom stereocenters. The van der Waals surface area contributed by atoms with Crippen molar-refractivity contribution in [3.05, 3.63) is 0 Å². The number of carbonyl (C=O) groups excluding carboxylic acids is 2. The molecule has 0 heterocycles. The maximum atomic E-state index is 12.6. The van der Waals surface area contributed by atoms with Gasteiger partial charge in [-0.05, 0) is 70.9 Å². The fourth-order valence-electron chi connectivity index (χ4n) is 8.91. The molecule has 63 heavy (non-hydrogen) atoms. The summed E-state index contributed by atoms with van der Waals surface area (Å²) in [7, 11) is 0. The quantitative estimate of drug-likeness (QED) is 0.0481. The molecule has 7 nitrogen and oxygen atoms in total.